The highest BCUT2D eigenvalue weighted by Gasteiger charge is 2.13. The lowest BCUT2D eigenvalue weighted by Crippen LogP contribution is -2.16. The number of rotatable bonds is 4. The highest BCUT2D eigenvalue weighted by molar-refractivity contribution is 6.07. The van der Waals surface area contributed by atoms with Gasteiger partial charge in [0.25, 0.3) is 11.8 Å². The van der Waals surface area contributed by atoms with Gasteiger partial charge in [-0.15, -0.1) is 0 Å². The predicted octanol–water partition coefficient (Wildman–Crippen LogP) is 3.57. The molecule has 0 aliphatic carbocycles. The van der Waals surface area contributed by atoms with Gasteiger partial charge in [-0.3, -0.25) is 14.6 Å². The van der Waals surface area contributed by atoms with Crippen LogP contribution in [0.4, 0.5) is 20.3 Å². The van der Waals surface area contributed by atoms with Gasteiger partial charge < -0.3 is 10.6 Å². The summed E-state index contributed by atoms with van der Waals surface area (Å²) in [6.07, 6.45) is 2.13. The van der Waals surface area contributed by atoms with E-state index in [1.54, 1.807) is 25.1 Å². The van der Waals surface area contributed by atoms with E-state index < -0.39 is 23.4 Å². The highest BCUT2D eigenvalue weighted by Crippen LogP contribution is 2.17. The molecule has 0 saturated heterocycles. The van der Waals surface area contributed by atoms with Gasteiger partial charge in [0, 0.05) is 23.1 Å². The van der Waals surface area contributed by atoms with Crippen LogP contribution in [0.15, 0.2) is 54.9 Å². The molecule has 8 heteroatoms. The molecule has 0 aliphatic rings. The van der Waals surface area contributed by atoms with E-state index in [2.05, 4.69) is 20.6 Å². The molecule has 2 amide bonds. The molecule has 6 nitrogen and oxygen atoms in total. The minimum absolute atomic E-state index is 0.00836. The summed E-state index contributed by atoms with van der Waals surface area (Å²) in [4.78, 5) is 32.2. The number of halogens is 2. The molecule has 0 aliphatic heterocycles. The third-order valence-corrected chi connectivity index (χ3v) is 3.51. The Bertz CT molecular complexity index is 1020. The quantitative estimate of drug-likeness (QED) is 0.737. The second-order valence-corrected chi connectivity index (χ2v) is 5.69. The number of pyridine rings is 2. The van der Waals surface area contributed by atoms with E-state index in [9.17, 15) is 18.4 Å². The second kappa shape index (κ2) is 7.69. The van der Waals surface area contributed by atoms with Gasteiger partial charge >= 0.3 is 0 Å². The fourth-order valence-corrected chi connectivity index (χ4v) is 2.33. The van der Waals surface area contributed by atoms with Crippen LogP contribution in [-0.2, 0) is 0 Å². The van der Waals surface area contributed by atoms with E-state index in [1.165, 1.54) is 12.3 Å². The van der Waals surface area contributed by atoms with Crippen molar-refractivity contribution in [2.75, 3.05) is 10.6 Å². The summed E-state index contributed by atoms with van der Waals surface area (Å²) in [6, 6.07) is 9.48. The van der Waals surface area contributed by atoms with E-state index in [0.717, 1.165) is 24.4 Å². The molecule has 0 saturated carbocycles. The van der Waals surface area contributed by atoms with Gasteiger partial charge in [0.15, 0.2) is 0 Å². The maximum absolute atomic E-state index is 13.9. The molecule has 0 bridgehead atoms. The number of nitrogens with one attached hydrogen (secondary N) is 2. The maximum atomic E-state index is 13.9. The summed E-state index contributed by atoms with van der Waals surface area (Å²) in [5.41, 5.74) is 0.718. The maximum Gasteiger partial charge on any atom is 0.257 e. The summed E-state index contributed by atoms with van der Waals surface area (Å²) >= 11 is 0. The molecule has 2 heterocycles. The van der Waals surface area contributed by atoms with Crippen molar-refractivity contribution in [2.24, 2.45) is 0 Å². The number of hydrogen-bond acceptors (Lipinski definition) is 4. The molecule has 1 aromatic carbocycles. The fraction of sp³-hybridized carbons (Fsp3) is 0.0526. The Balaban J connectivity index is 1.79. The Kier molecular flexibility index (Phi) is 5.16. The van der Waals surface area contributed by atoms with E-state index in [1.807, 2.05) is 0 Å². The number of hydrogen-bond donors (Lipinski definition) is 2. The summed E-state index contributed by atoms with van der Waals surface area (Å²) < 4.78 is 27.1. The number of aromatic nitrogens is 2. The number of anilines is 2. The van der Waals surface area contributed by atoms with E-state index in [-0.39, 0.29) is 16.8 Å². The average Bonchev–Trinajstić information content (AvgIpc) is 2.61. The second-order valence-electron chi connectivity index (χ2n) is 5.69. The molecular weight excluding hydrogens is 354 g/mol. The summed E-state index contributed by atoms with van der Waals surface area (Å²) in [5, 5.41) is 4.97. The van der Waals surface area contributed by atoms with Gasteiger partial charge in [0.1, 0.15) is 17.5 Å². The molecule has 0 fully saturated rings. The molecular formula is C19H14F2N4O2. The highest BCUT2D eigenvalue weighted by atomic mass is 19.1. The molecule has 27 heavy (non-hydrogen) atoms. The van der Waals surface area contributed by atoms with Crippen LogP contribution in [0, 0.1) is 18.6 Å². The zero-order valence-electron chi connectivity index (χ0n) is 14.2. The number of nitrogens with zero attached hydrogens (tertiary/aromatic N) is 2. The molecule has 0 radical (unpaired) electrons. The summed E-state index contributed by atoms with van der Waals surface area (Å²) in [7, 11) is 0. The Morgan fingerprint density at radius 1 is 0.889 bits per heavy atom. The Labute approximate surface area is 153 Å². The standard InChI is InChI=1S/C19H14F2N4O2/c1-11-3-2-4-17(23-11)25-18(26)12-5-14(20)8-16(7-12)24-19(27)13-6-15(21)10-22-9-13/h2-10H,1H3,(H,24,27)(H,23,25,26). The number of carbonyl (C=O) groups is 2. The number of amides is 2. The monoisotopic (exact) mass is 368 g/mol. The van der Waals surface area contributed by atoms with Crippen LogP contribution in [-0.4, -0.2) is 21.8 Å². The lowest BCUT2D eigenvalue weighted by molar-refractivity contribution is 0.101. The van der Waals surface area contributed by atoms with Crippen LogP contribution < -0.4 is 10.6 Å². The molecule has 2 N–H and O–H groups in total. The first kappa shape index (κ1) is 18.1. The van der Waals surface area contributed by atoms with E-state index in [0.29, 0.717) is 11.5 Å². The molecule has 0 spiro atoms. The normalized spacial score (nSPS) is 10.3. The number of aryl methyl sites for hydroxylation is 1. The molecule has 2 aromatic heterocycles. The molecule has 3 aromatic rings. The molecule has 136 valence electrons. The summed E-state index contributed by atoms with van der Waals surface area (Å²) in [5.74, 6) is -2.34. The van der Waals surface area contributed by atoms with Gasteiger partial charge in [-0.1, -0.05) is 6.07 Å². The van der Waals surface area contributed by atoms with Crippen molar-refractivity contribution in [3.8, 4) is 0 Å². The SMILES string of the molecule is Cc1cccc(NC(=O)c2cc(F)cc(NC(=O)c3cncc(F)c3)c2)n1. The zero-order valence-corrected chi connectivity index (χ0v) is 14.2. The van der Waals surface area contributed by atoms with Crippen LogP contribution in [0.1, 0.15) is 26.4 Å². The van der Waals surface area contributed by atoms with Crippen molar-refractivity contribution in [2.45, 2.75) is 6.92 Å². The molecule has 0 unspecified atom stereocenters. The van der Waals surface area contributed by atoms with Crippen molar-refractivity contribution in [3.63, 3.8) is 0 Å². The van der Waals surface area contributed by atoms with Gasteiger partial charge in [0.05, 0.1) is 11.8 Å². The fourth-order valence-electron chi connectivity index (χ4n) is 2.33. The van der Waals surface area contributed by atoms with Crippen LogP contribution in [0.5, 0.6) is 0 Å². The largest absolute Gasteiger partial charge is 0.322 e. The Morgan fingerprint density at radius 2 is 1.63 bits per heavy atom. The lowest BCUT2D eigenvalue weighted by atomic mass is 10.1. The Morgan fingerprint density at radius 3 is 2.37 bits per heavy atom. The number of benzene rings is 1. The van der Waals surface area contributed by atoms with Gasteiger partial charge in [-0.2, -0.15) is 0 Å². The average molecular weight is 368 g/mol. The minimum atomic E-state index is -0.715. The smallest absolute Gasteiger partial charge is 0.257 e. The van der Waals surface area contributed by atoms with Crippen molar-refractivity contribution in [1.82, 2.24) is 9.97 Å². The third-order valence-electron chi connectivity index (χ3n) is 3.51. The van der Waals surface area contributed by atoms with Crippen molar-refractivity contribution in [1.29, 1.82) is 0 Å². The lowest BCUT2D eigenvalue weighted by Gasteiger charge is -2.09. The van der Waals surface area contributed by atoms with Crippen molar-refractivity contribution >= 4 is 23.3 Å². The Hall–Kier alpha value is -3.68. The van der Waals surface area contributed by atoms with E-state index in [4.69, 9.17) is 0 Å². The number of carbonyl (C=O) groups excluding carboxylic acids is 2. The third kappa shape index (κ3) is 4.69. The molecule has 3 rings (SSSR count). The van der Waals surface area contributed by atoms with Crippen molar-refractivity contribution < 1.29 is 18.4 Å². The molecule has 0 atom stereocenters. The first-order valence-corrected chi connectivity index (χ1v) is 7.88. The van der Waals surface area contributed by atoms with Crippen LogP contribution >= 0.6 is 0 Å². The summed E-state index contributed by atoms with van der Waals surface area (Å²) in [6.45, 7) is 1.77. The van der Waals surface area contributed by atoms with Gasteiger partial charge in [-0.25, -0.2) is 13.8 Å². The van der Waals surface area contributed by atoms with E-state index >= 15 is 0 Å². The van der Waals surface area contributed by atoms with Gasteiger partial charge in [0.2, 0.25) is 0 Å². The predicted molar refractivity (Wildman–Crippen MR) is 95.5 cm³/mol. The topological polar surface area (TPSA) is 84.0 Å². The van der Waals surface area contributed by atoms with Gasteiger partial charge in [-0.05, 0) is 43.3 Å². The minimum Gasteiger partial charge on any atom is -0.322 e. The van der Waals surface area contributed by atoms with Crippen LogP contribution in [0.3, 0.4) is 0 Å². The first-order valence-electron chi connectivity index (χ1n) is 7.88. The van der Waals surface area contributed by atoms with Crippen LogP contribution in [0.2, 0.25) is 0 Å². The van der Waals surface area contributed by atoms with Crippen molar-refractivity contribution in [3.05, 3.63) is 83.3 Å². The first-order chi connectivity index (χ1) is 12.9. The van der Waals surface area contributed by atoms with Crippen LogP contribution in [0.25, 0.3) is 0 Å². The zero-order chi connectivity index (χ0) is 19.4.